The molecule has 1 aliphatic heterocycles. The van der Waals surface area contributed by atoms with Crippen LogP contribution in [0, 0.1) is 0 Å². The fraction of sp³-hybridized carbons (Fsp3) is 0.438. The van der Waals surface area contributed by atoms with Gasteiger partial charge in [-0.1, -0.05) is 11.6 Å². The van der Waals surface area contributed by atoms with Gasteiger partial charge in [-0.05, 0) is 44.5 Å². The normalized spacial score (nSPS) is 19.7. The largest absolute Gasteiger partial charge is 0.309 e. The van der Waals surface area contributed by atoms with Crippen LogP contribution in [0.15, 0.2) is 36.8 Å². The summed E-state index contributed by atoms with van der Waals surface area (Å²) in [6.07, 6.45) is 7.44. The van der Waals surface area contributed by atoms with Gasteiger partial charge in [-0.15, -0.1) is 0 Å². The van der Waals surface area contributed by atoms with Crippen LogP contribution in [0.1, 0.15) is 19.8 Å². The third-order valence-corrected chi connectivity index (χ3v) is 4.46. The SMILES string of the molecule is CC(C(=O)Nc1ccc(Cl)cn1)N1CCCC1Cn1cccn1. The molecule has 3 heterocycles. The minimum atomic E-state index is -0.212. The fourth-order valence-corrected chi connectivity index (χ4v) is 3.13. The Bertz CT molecular complexity index is 643. The summed E-state index contributed by atoms with van der Waals surface area (Å²) in [5.74, 6) is 0.473. The Morgan fingerprint density at radius 3 is 3.09 bits per heavy atom. The monoisotopic (exact) mass is 333 g/mol. The zero-order valence-electron chi connectivity index (χ0n) is 13.0. The van der Waals surface area contributed by atoms with Crippen LogP contribution in [0.3, 0.4) is 0 Å². The van der Waals surface area contributed by atoms with Crippen molar-refractivity contribution in [3.8, 4) is 0 Å². The van der Waals surface area contributed by atoms with Crippen LogP contribution in [0.4, 0.5) is 5.82 Å². The van der Waals surface area contributed by atoms with Crippen LogP contribution < -0.4 is 5.32 Å². The molecule has 2 atom stereocenters. The number of hydrogen-bond donors (Lipinski definition) is 1. The first kappa shape index (κ1) is 16.0. The summed E-state index contributed by atoms with van der Waals surface area (Å²) in [5.41, 5.74) is 0. The van der Waals surface area contributed by atoms with Gasteiger partial charge in [0.25, 0.3) is 0 Å². The van der Waals surface area contributed by atoms with Crippen molar-refractivity contribution in [2.75, 3.05) is 11.9 Å². The molecule has 2 unspecified atom stereocenters. The van der Waals surface area contributed by atoms with E-state index in [-0.39, 0.29) is 11.9 Å². The molecular formula is C16H20ClN5O. The Hall–Kier alpha value is -1.92. The Kier molecular flexibility index (Phi) is 4.93. The maximum absolute atomic E-state index is 12.5. The van der Waals surface area contributed by atoms with Crippen LogP contribution in [0.5, 0.6) is 0 Å². The van der Waals surface area contributed by atoms with Gasteiger partial charge in [0.05, 0.1) is 17.6 Å². The predicted octanol–water partition coefficient (Wildman–Crippen LogP) is 2.42. The van der Waals surface area contributed by atoms with Crippen molar-refractivity contribution in [3.05, 3.63) is 41.8 Å². The molecule has 1 amide bonds. The lowest BCUT2D eigenvalue weighted by Crippen LogP contribution is -2.46. The molecular weight excluding hydrogens is 314 g/mol. The first-order chi connectivity index (χ1) is 11.1. The van der Waals surface area contributed by atoms with Crippen molar-refractivity contribution >= 4 is 23.3 Å². The molecule has 0 aliphatic carbocycles. The highest BCUT2D eigenvalue weighted by Crippen LogP contribution is 2.22. The van der Waals surface area contributed by atoms with Gasteiger partial charge < -0.3 is 5.32 Å². The third kappa shape index (κ3) is 3.89. The molecule has 2 aromatic heterocycles. The number of amides is 1. The number of nitrogens with zero attached hydrogens (tertiary/aromatic N) is 4. The summed E-state index contributed by atoms with van der Waals surface area (Å²) in [7, 11) is 0. The molecule has 0 aromatic carbocycles. The summed E-state index contributed by atoms with van der Waals surface area (Å²) < 4.78 is 1.92. The van der Waals surface area contributed by atoms with E-state index in [4.69, 9.17) is 11.6 Å². The van der Waals surface area contributed by atoms with E-state index in [0.717, 1.165) is 25.9 Å². The molecule has 122 valence electrons. The number of anilines is 1. The quantitative estimate of drug-likeness (QED) is 0.912. The average Bonchev–Trinajstić information content (AvgIpc) is 3.21. The highest BCUT2D eigenvalue weighted by molar-refractivity contribution is 6.30. The number of aromatic nitrogens is 3. The van der Waals surface area contributed by atoms with Gasteiger partial charge in [0, 0.05) is 24.6 Å². The number of pyridine rings is 1. The smallest absolute Gasteiger partial charge is 0.242 e. The van der Waals surface area contributed by atoms with Gasteiger partial charge in [-0.25, -0.2) is 4.98 Å². The lowest BCUT2D eigenvalue weighted by Gasteiger charge is -2.29. The molecule has 2 aromatic rings. The van der Waals surface area contributed by atoms with Gasteiger partial charge in [0.15, 0.2) is 0 Å². The lowest BCUT2D eigenvalue weighted by atomic mass is 10.2. The van der Waals surface area contributed by atoms with Crippen LogP contribution >= 0.6 is 11.6 Å². The molecule has 0 saturated carbocycles. The van der Waals surface area contributed by atoms with Crippen molar-refractivity contribution in [2.45, 2.75) is 38.4 Å². The Morgan fingerprint density at radius 1 is 1.52 bits per heavy atom. The topological polar surface area (TPSA) is 63.1 Å². The summed E-state index contributed by atoms with van der Waals surface area (Å²) in [5, 5.41) is 7.66. The number of rotatable bonds is 5. The second-order valence-corrected chi connectivity index (χ2v) is 6.23. The number of carbonyl (C=O) groups excluding carboxylic acids is 1. The molecule has 1 N–H and O–H groups in total. The first-order valence-electron chi connectivity index (χ1n) is 7.79. The highest BCUT2D eigenvalue weighted by Gasteiger charge is 2.32. The number of halogens is 1. The van der Waals surface area contributed by atoms with E-state index in [1.54, 1.807) is 18.3 Å². The van der Waals surface area contributed by atoms with E-state index in [1.807, 2.05) is 23.9 Å². The van der Waals surface area contributed by atoms with Crippen molar-refractivity contribution in [3.63, 3.8) is 0 Å². The van der Waals surface area contributed by atoms with Gasteiger partial charge in [-0.2, -0.15) is 5.10 Å². The Labute approximate surface area is 140 Å². The van der Waals surface area contributed by atoms with Gasteiger partial charge in [0.1, 0.15) is 5.82 Å². The summed E-state index contributed by atoms with van der Waals surface area (Å²) in [6.45, 7) is 3.67. The molecule has 1 aliphatic rings. The van der Waals surface area contributed by atoms with Crippen LogP contribution in [-0.4, -0.2) is 44.2 Å². The van der Waals surface area contributed by atoms with E-state index in [9.17, 15) is 4.79 Å². The molecule has 23 heavy (non-hydrogen) atoms. The molecule has 3 rings (SSSR count). The van der Waals surface area contributed by atoms with E-state index in [2.05, 4.69) is 20.3 Å². The molecule has 0 radical (unpaired) electrons. The Balaban J connectivity index is 1.62. The minimum absolute atomic E-state index is 0.0489. The number of nitrogens with one attached hydrogen (secondary N) is 1. The highest BCUT2D eigenvalue weighted by atomic mass is 35.5. The van der Waals surface area contributed by atoms with Gasteiger partial charge >= 0.3 is 0 Å². The summed E-state index contributed by atoms with van der Waals surface area (Å²) >= 11 is 5.81. The van der Waals surface area contributed by atoms with Crippen LogP contribution in [-0.2, 0) is 11.3 Å². The van der Waals surface area contributed by atoms with Crippen molar-refractivity contribution in [1.82, 2.24) is 19.7 Å². The second-order valence-electron chi connectivity index (χ2n) is 5.79. The molecule has 1 saturated heterocycles. The van der Waals surface area contributed by atoms with Gasteiger partial charge in [-0.3, -0.25) is 14.4 Å². The summed E-state index contributed by atoms with van der Waals surface area (Å²) in [6, 6.07) is 5.45. The average molecular weight is 334 g/mol. The number of carbonyl (C=O) groups is 1. The first-order valence-corrected chi connectivity index (χ1v) is 8.17. The maximum atomic E-state index is 12.5. The molecule has 7 heteroatoms. The molecule has 0 spiro atoms. The van der Waals surface area contributed by atoms with Crippen LogP contribution in [0.2, 0.25) is 5.02 Å². The number of hydrogen-bond acceptors (Lipinski definition) is 4. The minimum Gasteiger partial charge on any atom is -0.309 e. The zero-order chi connectivity index (χ0) is 16.2. The number of likely N-dealkylation sites (tertiary alicyclic amines) is 1. The van der Waals surface area contributed by atoms with Crippen molar-refractivity contribution < 1.29 is 4.79 Å². The van der Waals surface area contributed by atoms with Crippen molar-refractivity contribution in [1.29, 1.82) is 0 Å². The van der Waals surface area contributed by atoms with E-state index >= 15 is 0 Å². The second kappa shape index (κ2) is 7.10. The zero-order valence-corrected chi connectivity index (χ0v) is 13.8. The summed E-state index contributed by atoms with van der Waals surface area (Å²) in [4.78, 5) is 18.8. The molecule has 6 nitrogen and oxygen atoms in total. The van der Waals surface area contributed by atoms with Gasteiger partial charge in [0.2, 0.25) is 5.91 Å². The third-order valence-electron chi connectivity index (χ3n) is 4.24. The fourth-order valence-electron chi connectivity index (χ4n) is 3.02. The predicted molar refractivity (Wildman–Crippen MR) is 89.3 cm³/mol. The maximum Gasteiger partial charge on any atom is 0.242 e. The van der Waals surface area contributed by atoms with Crippen molar-refractivity contribution in [2.24, 2.45) is 0 Å². The molecule has 1 fully saturated rings. The lowest BCUT2D eigenvalue weighted by molar-refractivity contribution is -0.121. The van der Waals surface area contributed by atoms with E-state index in [1.165, 1.54) is 6.20 Å². The van der Waals surface area contributed by atoms with E-state index in [0.29, 0.717) is 16.9 Å². The molecule has 0 bridgehead atoms. The van der Waals surface area contributed by atoms with E-state index < -0.39 is 0 Å². The van der Waals surface area contributed by atoms with Crippen LogP contribution in [0.25, 0.3) is 0 Å². The standard InChI is InChI=1S/C16H20ClN5O/c1-12(16(23)20-15-6-5-13(17)10-18-15)22-9-2-4-14(22)11-21-8-3-7-19-21/h3,5-8,10,12,14H,2,4,9,11H2,1H3,(H,18,20,23). The Morgan fingerprint density at radius 2 is 2.39 bits per heavy atom.